The minimum Gasteiger partial charge on any atom is -0.368 e. The smallest absolute Gasteiger partial charge is 0.251 e. The number of piperazine rings is 1. The molecule has 1 aliphatic rings. The summed E-state index contributed by atoms with van der Waals surface area (Å²) in [4.78, 5) is 32.4. The molecule has 1 aliphatic heterocycles. The summed E-state index contributed by atoms with van der Waals surface area (Å²) in [5, 5.41) is 4.51. The van der Waals surface area contributed by atoms with Gasteiger partial charge in [-0.1, -0.05) is 11.6 Å². The van der Waals surface area contributed by atoms with Gasteiger partial charge in [-0.05, 0) is 61.9 Å². The summed E-state index contributed by atoms with van der Waals surface area (Å²) in [5.74, 6) is -0.294. The Hall–Kier alpha value is -2.99. The Kier molecular flexibility index (Phi) is 5.68. The monoisotopic (exact) mass is 424 g/mol. The maximum absolute atomic E-state index is 12.6. The lowest BCUT2D eigenvalue weighted by Crippen LogP contribution is -2.51. The van der Waals surface area contributed by atoms with Crippen molar-refractivity contribution >= 4 is 40.0 Å². The Bertz CT molecular complexity index is 1080. The summed E-state index contributed by atoms with van der Waals surface area (Å²) < 4.78 is 0. The molecule has 0 spiro atoms. The number of nitrogens with zero attached hydrogens (tertiary/aromatic N) is 2. The minimum absolute atomic E-state index is 0.00294. The van der Waals surface area contributed by atoms with Crippen LogP contribution in [-0.2, 0) is 4.79 Å². The number of fused-ring (bicyclic) bond motifs is 1. The van der Waals surface area contributed by atoms with E-state index in [2.05, 4.69) is 15.2 Å². The van der Waals surface area contributed by atoms with Gasteiger partial charge in [0, 0.05) is 59.0 Å². The first-order chi connectivity index (χ1) is 14.4. The van der Waals surface area contributed by atoms with Gasteiger partial charge in [-0.25, -0.2) is 0 Å². The molecule has 0 unspecified atom stereocenters. The standard InChI is InChI=1S/C23H25ClN4O2/c1-15-16(2)26-21-8-3-17(13-20(15)21)23(30)25-14-22(29)28-11-9-27(10-12-28)19-6-4-18(24)5-7-19/h3-8,13,26H,9-12,14H2,1-2H3,(H,25,30). The number of amides is 2. The molecule has 2 N–H and O–H groups in total. The second kappa shape index (κ2) is 8.40. The topological polar surface area (TPSA) is 68.4 Å². The number of carbonyl (C=O) groups is 2. The van der Waals surface area contributed by atoms with E-state index in [0.717, 1.165) is 40.9 Å². The molecule has 2 aromatic carbocycles. The second-order valence-electron chi connectivity index (χ2n) is 7.66. The minimum atomic E-state index is -0.233. The number of carbonyl (C=O) groups excluding carboxylic acids is 2. The highest BCUT2D eigenvalue weighted by atomic mass is 35.5. The third kappa shape index (κ3) is 4.14. The Morgan fingerprint density at radius 2 is 1.73 bits per heavy atom. The van der Waals surface area contributed by atoms with Gasteiger partial charge in [-0.2, -0.15) is 0 Å². The Balaban J connectivity index is 1.31. The fraction of sp³-hybridized carbons (Fsp3) is 0.304. The maximum Gasteiger partial charge on any atom is 0.251 e. The van der Waals surface area contributed by atoms with Crippen molar-refractivity contribution < 1.29 is 9.59 Å². The van der Waals surface area contributed by atoms with Crippen LogP contribution in [0.25, 0.3) is 10.9 Å². The highest BCUT2D eigenvalue weighted by molar-refractivity contribution is 6.30. The zero-order valence-corrected chi connectivity index (χ0v) is 17.9. The van der Waals surface area contributed by atoms with Crippen LogP contribution in [0.1, 0.15) is 21.6 Å². The van der Waals surface area contributed by atoms with Gasteiger partial charge in [0.05, 0.1) is 6.54 Å². The number of hydrogen-bond acceptors (Lipinski definition) is 3. The Morgan fingerprint density at radius 3 is 2.43 bits per heavy atom. The van der Waals surface area contributed by atoms with E-state index in [1.807, 2.05) is 50.2 Å². The van der Waals surface area contributed by atoms with Crippen LogP contribution in [0.3, 0.4) is 0 Å². The number of halogens is 1. The molecule has 0 saturated carbocycles. The molecule has 4 rings (SSSR count). The Morgan fingerprint density at radius 1 is 1.03 bits per heavy atom. The number of aromatic nitrogens is 1. The van der Waals surface area contributed by atoms with E-state index < -0.39 is 0 Å². The number of H-pyrrole nitrogens is 1. The molecule has 3 aromatic rings. The summed E-state index contributed by atoms with van der Waals surface area (Å²) in [7, 11) is 0. The number of nitrogens with one attached hydrogen (secondary N) is 2. The molecular weight excluding hydrogens is 400 g/mol. The van der Waals surface area contributed by atoms with E-state index in [9.17, 15) is 9.59 Å². The normalized spacial score (nSPS) is 14.2. The van der Waals surface area contributed by atoms with Gasteiger partial charge >= 0.3 is 0 Å². The second-order valence-corrected chi connectivity index (χ2v) is 8.10. The third-order valence-electron chi connectivity index (χ3n) is 5.79. The van der Waals surface area contributed by atoms with Crippen molar-refractivity contribution in [3.05, 3.63) is 64.3 Å². The number of benzene rings is 2. The first-order valence-electron chi connectivity index (χ1n) is 10.1. The summed E-state index contributed by atoms with van der Waals surface area (Å²) in [5.41, 5.74) is 4.90. The van der Waals surface area contributed by atoms with Crippen molar-refractivity contribution in [2.24, 2.45) is 0 Å². The molecule has 0 aliphatic carbocycles. The van der Waals surface area contributed by atoms with Crippen LogP contribution in [0.5, 0.6) is 0 Å². The molecule has 0 radical (unpaired) electrons. The largest absolute Gasteiger partial charge is 0.368 e. The van der Waals surface area contributed by atoms with E-state index in [1.165, 1.54) is 0 Å². The van der Waals surface area contributed by atoms with Gasteiger partial charge in [0.15, 0.2) is 0 Å². The van der Waals surface area contributed by atoms with Gasteiger partial charge in [0.25, 0.3) is 5.91 Å². The van der Waals surface area contributed by atoms with Crippen LogP contribution < -0.4 is 10.2 Å². The van der Waals surface area contributed by atoms with Crippen molar-refractivity contribution in [1.82, 2.24) is 15.2 Å². The lowest BCUT2D eigenvalue weighted by atomic mass is 10.1. The van der Waals surface area contributed by atoms with Gasteiger partial charge in [0.2, 0.25) is 5.91 Å². The van der Waals surface area contributed by atoms with Crippen LogP contribution in [0, 0.1) is 13.8 Å². The quantitative estimate of drug-likeness (QED) is 0.673. The van der Waals surface area contributed by atoms with Crippen LogP contribution in [-0.4, -0.2) is 54.4 Å². The lowest BCUT2D eigenvalue weighted by molar-refractivity contribution is -0.130. The van der Waals surface area contributed by atoms with E-state index in [0.29, 0.717) is 23.7 Å². The zero-order chi connectivity index (χ0) is 21.3. The summed E-state index contributed by atoms with van der Waals surface area (Å²) >= 11 is 5.95. The molecule has 156 valence electrons. The SMILES string of the molecule is Cc1[nH]c2ccc(C(=O)NCC(=O)N3CCN(c4ccc(Cl)cc4)CC3)cc2c1C. The Labute approximate surface area is 180 Å². The van der Waals surface area contributed by atoms with Gasteiger partial charge in [-0.15, -0.1) is 0 Å². The molecule has 1 saturated heterocycles. The molecule has 6 nitrogen and oxygen atoms in total. The summed E-state index contributed by atoms with van der Waals surface area (Å²) in [6.07, 6.45) is 0. The predicted molar refractivity (Wildman–Crippen MR) is 120 cm³/mol. The van der Waals surface area contributed by atoms with Crippen molar-refractivity contribution in [2.45, 2.75) is 13.8 Å². The van der Waals surface area contributed by atoms with Crippen molar-refractivity contribution in [3.8, 4) is 0 Å². The molecule has 7 heteroatoms. The van der Waals surface area contributed by atoms with Crippen molar-refractivity contribution in [2.75, 3.05) is 37.6 Å². The first kappa shape index (κ1) is 20.3. The van der Waals surface area contributed by atoms with Crippen molar-refractivity contribution in [1.29, 1.82) is 0 Å². The van der Waals surface area contributed by atoms with E-state index in [4.69, 9.17) is 11.6 Å². The van der Waals surface area contributed by atoms with Crippen LogP contribution in [0.15, 0.2) is 42.5 Å². The number of aryl methyl sites for hydroxylation is 2. The van der Waals surface area contributed by atoms with Crippen LogP contribution >= 0.6 is 11.6 Å². The predicted octanol–water partition coefficient (Wildman–Crippen LogP) is 3.52. The summed E-state index contributed by atoms with van der Waals surface area (Å²) in [6.45, 7) is 6.82. The number of aromatic amines is 1. The summed E-state index contributed by atoms with van der Waals surface area (Å²) in [6, 6.07) is 13.3. The number of anilines is 1. The van der Waals surface area contributed by atoms with Crippen LogP contribution in [0.2, 0.25) is 5.02 Å². The number of hydrogen-bond donors (Lipinski definition) is 2. The fourth-order valence-corrected chi connectivity index (χ4v) is 3.96. The molecule has 2 heterocycles. The van der Waals surface area contributed by atoms with E-state index >= 15 is 0 Å². The molecule has 1 fully saturated rings. The van der Waals surface area contributed by atoms with Crippen LogP contribution in [0.4, 0.5) is 5.69 Å². The molecule has 0 bridgehead atoms. The van der Waals surface area contributed by atoms with Gasteiger partial charge in [-0.3, -0.25) is 9.59 Å². The molecule has 2 amide bonds. The zero-order valence-electron chi connectivity index (χ0n) is 17.2. The van der Waals surface area contributed by atoms with Gasteiger partial charge in [0.1, 0.15) is 0 Å². The lowest BCUT2D eigenvalue weighted by Gasteiger charge is -2.36. The molecule has 30 heavy (non-hydrogen) atoms. The average molecular weight is 425 g/mol. The van der Waals surface area contributed by atoms with E-state index in [-0.39, 0.29) is 18.4 Å². The molecule has 0 atom stereocenters. The average Bonchev–Trinajstić information content (AvgIpc) is 3.05. The van der Waals surface area contributed by atoms with Gasteiger partial charge < -0.3 is 20.1 Å². The maximum atomic E-state index is 12.6. The van der Waals surface area contributed by atoms with E-state index in [1.54, 1.807) is 11.0 Å². The van der Waals surface area contributed by atoms with Crippen molar-refractivity contribution in [3.63, 3.8) is 0 Å². The highest BCUT2D eigenvalue weighted by Crippen LogP contribution is 2.22. The molecular formula is C23H25ClN4O2. The first-order valence-corrected chi connectivity index (χ1v) is 10.5. The fourth-order valence-electron chi connectivity index (χ4n) is 3.84. The number of rotatable bonds is 4. The molecule has 1 aromatic heterocycles. The highest BCUT2D eigenvalue weighted by Gasteiger charge is 2.22. The third-order valence-corrected chi connectivity index (χ3v) is 6.05.